The van der Waals surface area contributed by atoms with Gasteiger partial charge in [0, 0.05) is 51.0 Å². The molecular formula is C35H35N7O3S2. The van der Waals surface area contributed by atoms with E-state index in [1.165, 1.54) is 9.58 Å². The molecule has 1 amide bonds. The van der Waals surface area contributed by atoms with Crippen molar-refractivity contribution in [2.24, 2.45) is 7.05 Å². The minimum Gasteiger partial charge on any atom is -0.368 e. The summed E-state index contributed by atoms with van der Waals surface area (Å²) in [6, 6.07) is 21.6. The number of hydrogen-bond donors (Lipinski definition) is 0. The molecule has 0 unspecified atom stereocenters. The Balaban J connectivity index is 1.44. The van der Waals surface area contributed by atoms with E-state index in [2.05, 4.69) is 28.0 Å². The predicted molar refractivity (Wildman–Crippen MR) is 193 cm³/mol. The zero-order valence-electron chi connectivity index (χ0n) is 26.8. The van der Waals surface area contributed by atoms with Gasteiger partial charge in [0.1, 0.15) is 23.1 Å². The Morgan fingerprint density at radius 2 is 1.49 bits per heavy atom. The molecule has 2 aromatic carbocycles. The summed E-state index contributed by atoms with van der Waals surface area (Å²) in [5.74, 6) is 0.269. The van der Waals surface area contributed by atoms with Gasteiger partial charge in [0.2, 0.25) is 0 Å². The number of piperazine rings is 1. The van der Waals surface area contributed by atoms with Crippen LogP contribution in [-0.4, -0.2) is 50.3 Å². The van der Waals surface area contributed by atoms with Gasteiger partial charge in [-0.25, -0.2) is 4.68 Å². The number of thioether (sulfide) groups is 1. The largest absolute Gasteiger partial charge is 0.368 e. The van der Waals surface area contributed by atoms with Gasteiger partial charge in [-0.3, -0.25) is 28.5 Å². The van der Waals surface area contributed by atoms with E-state index in [9.17, 15) is 19.6 Å². The smallest absolute Gasteiger partial charge is 0.296 e. The van der Waals surface area contributed by atoms with Crippen molar-refractivity contribution in [2.45, 2.75) is 33.7 Å². The van der Waals surface area contributed by atoms with E-state index >= 15 is 0 Å². The van der Waals surface area contributed by atoms with Crippen molar-refractivity contribution in [3.63, 3.8) is 0 Å². The highest BCUT2D eigenvalue weighted by atomic mass is 32.2. The molecule has 240 valence electrons. The Kier molecular flexibility index (Phi) is 8.94. The van der Waals surface area contributed by atoms with Crippen molar-refractivity contribution in [1.29, 1.82) is 5.26 Å². The Labute approximate surface area is 282 Å². The normalized spacial score (nSPS) is 16.0. The maximum absolute atomic E-state index is 14.2. The van der Waals surface area contributed by atoms with Gasteiger partial charge >= 0.3 is 0 Å². The number of anilines is 3. The molecule has 47 heavy (non-hydrogen) atoms. The zero-order valence-corrected chi connectivity index (χ0v) is 28.4. The first-order valence-corrected chi connectivity index (χ1v) is 16.7. The second-order valence-electron chi connectivity index (χ2n) is 11.5. The van der Waals surface area contributed by atoms with E-state index in [-0.39, 0.29) is 26.7 Å². The van der Waals surface area contributed by atoms with Gasteiger partial charge in [-0.15, -0.1) is 0 Å². The Morgan fingerprint density at radius 1 is 0.894 bits per heavy atom. The first kappa shape index (κ1) is 32.1. The number of benzene rings is 2. The molecule has 2 saturated heterocycles. The lowest BCUT2D eigenvalue weighted by Crippen LogP contribution is -2.48. The lowest BCUT2D eigenvalue weighted by atomic mass is 10.0. The van der Waals surface area contributed by atoms with Gasteiger partial charge < -0.3 is 9.80 Å². The second-order valence-corrected chi connectivity index (χ2v) is 13.2. The SMILES string of the molecule is CCCn1c(N2CCN(c3ccccc3)CC2)c(/C=C2\SC(=S)N(c3c(C)n(C)n(-c4ccccc4)c3=O)C2=O)c(C)c(C#N)c1=O. The minimum atomic E-state index is -0.419. The average Bonchev–Trinajstić information content (AvgIpc) is 3.48. The molecule has 4 heterocycles. The Hall–Kier alpha value is -4.86. The lowest BCUT2D eigenvalue weighted by Gasteiger charge is -2.39. The molecule has 2 fully saturated rings. The molecule has 4 aromatic rings. The fourth-order valence-corrected chi connectivity index (χ4v) is 7.59. The molecular weight excluding hydrogens is 631 g/mol. The number of amides is 1. The number of aromatic nitrogens is 3. The summed E-state index contributed by atoms with van der Waals surface area (Å²) in [7, 11) is 1.77. The molecule has 0 aliphatic carbocycles. The van der Waals surface area contributed by atoms with Crippen molar-refractivity contribution >= 4 is 57.5 Å². The van der Waals surface area contributed by atoms with Gasteiger partial charge in [0.25, 0.3) is 17.0 Å². The van der Waals surface area contributed by atoms with Crippen molar-refractivity contribution in [3.05, 3.63) is 109 Å². The molecule has 0 spiro atoms. The molecule has 0 bridgehead atoms. The maximum atomic E-state index is 14.2. The molecule has 2 aliphatic heterocycles. The van der Waals surface area contributed by atoms with Crippen LogP contribution in [0.1, 0.15) is 35.7 Å². The number of hydrogen-bond acceptors (Lipinski definition) is 8. The topological polar surface area (TPSA) is 99.5 Å². The summed E-state index contributed by atoms with van der Waals surface area (Å²) >= 11 is 6.83. The van der Waals surface area contributed by atoms with Crippen molar-refractivity contribution < 1.29 is 4.79 Å². The second kappa shape index (κ2) is 13.1. The van der Waals surface area contributed by atoms with Crippen molar-refractivity contribution in [1.82, 2.24) is 13.9 Å². The summed E-state index contributed by atoms with van der Waals surface area (Å²) < 4.78 is 5.15. The highest BCUT2D eigenvalue weighted by Crippen LogP contribution is 2.39. The number of thiocarbonyl (C=S) groups is 1. The van der Waals surface area contributed by atoms with E-state index in [1.807, 2.05) is 55.5 Å². The van der Waals surface area contributed by atoms with Gasteiger partial charge in [-0.2, -0.15) is 5.26 Å². The molecule has 2 aliphatic rings. The fraction of sp³-hybridized carbons (Fsp3) is 0.286. The molecule has 0 radical (unpaired) electrons. The highest BCUT2D eigenvalue weighted by Gasteiger charge is 2.38. The van der Waals surface area contributed by atoms with Crippen LogP contribution in [0, 0.1) is 25.2 Å². The lowest BCUT2D eigenvalue weighted by molar-refractivity contribution is -0.113. The van der Waals surface area contributed by atoms with Crippen LogP contribution in [0.4, 0.5) is 17.2 Å². The molecule has 2 aromatic heterocycles. The van der Waals surface area contributed by atoms with Crippen LogP contribution < -0.4 is 25.8 Å². The first-order chi connectivity index (χ1) is 22.7. The summed E-state index contributed by atoms with van der Waals surface area (Å²) in [6.07, 6.45) is 2.43. The van der Waals surface area contributed by atoms with Crippen molar-refractivity contribution in [3.8, 4) is 11.8 Å². The van der Waals surface area contributed by atoms with Crippen LogP contribution in [0.25, 0.3) is 11.8 Å². The number of carbonyl (C=O) groups excluding carboxylic acids is 1. The van der Waals surface area contributed by atoms with Crippen LogP contribution in [0.5, 0.6) is 0 Å². The summed E-state index contributed by atoms with van der Waals surface area (Å²) in [5, 5.41) is 10.1. The number of nitrogens with zero attached hydrogens (tertiary/aromatic N) is 7. The van der Waals surface area contributed by atoms with E-state index < -0.39 is 5.91 Å². The van der Waals surface area contributed by atoms with Crippen LogP contribution in [-0.2, 0) is 18.4 Å². The number of para-hydroxylation sites is 2. The molecule has 12 heteroatoms. The average molecular weight is 666 g/mol. The molecule has 0 atom stereocenters. The molecule has 0 N–H and O–H groups in total. The van der Waals surface area contributed by atoms with Gasteiger partial charge in [-0.05, 0) is 56.2 Å². The van der Waals surface area contributed by atoms with Crippen LogP contribution >= 0.6 is 24.0 Å². The van der Waals surface area contributed by atoms with Gasteiger partial charge in [0.15, 0.2) is 4.32 Å². The number of pyridine rings is 1. The monoisotopic (exact) mass is 665 g/mol. The molecule has 6 rings (SSSR count). The van der Waals surface area contributed by atoms with Crippen LogP contribution in [0.15, 0.2) is 75.2 Å². The summed E-state index contributed by atoms with van der Waals surface area (Å²) in [4.78, 5) is 47.8. The van der Waals surface area contributed by atoms with E-state index in [0.717, 1.165) is 30.5 Å². The third-order valence-electron chi connectivity index (χ3n) is 8.81. The van der Waals surface area contributed by atoms with E-state index in [1.54, 1.807) is 36.2 Å². The molecule has 0 saturated carbocycles. The van der Waals surface area contributed by atoms with E-state index in [4.69, 9.17) is 12.2 Å². The van der Waals surface area contributed by atoms with Gasteiger partial charge in [0.05, 0.1) is 16.3 Å². The van der Waals surface area contributed by atoms with Crippen LogP contribution in [0.2, 0.25) is 0 Å². The number of carbonyl (C=O) groups is 1. The predicted octanol–water partition coefficient (Wildman–Crippen LogP) is 4.97. The van der Waals surface area contributed by atoms with Gasteiger partial charge in [-0.1, -0.05) is 67.3 Å². The third-order valence-corrected chi connectivity index (χ3v) is 10.1. The fourth-order valence-electron chi connectivity index (χ4n) is 6.33. The molecule has 10 nitrogen and oxygen atoms in total. The Bertz CT molecular complexity index is 2070. The Morgan fingerprint density at radius 3 is 2.09 bits per heavy atom. The number of rotatable bonds is 7. The quantitative estimate of drug-likeness (QED) is 0.202. The minimum absolute atomic E-state index is 0.0523. The summed E-state index contributed by atoms with van der Waals surface area (Å²) in [5.41, 5.74) is 3.11. The zero-order chi connectivity index (χ0) is 33.4. The third kappa shape index (κ3) is 5.59. The van der Waals surface area contributed by atoms with Crippen LogP contribution in [0.3, 0.4) is 0 Å². The summed E-state index contributed by atoms with van der Waals surface area (Å²) in [6.45, 7) is 8.73. The van der Waals surface area contributed by atoms with E-state index in [0.29, 0.717) is 59.3 Å². The number of nitriles is 1. The standard InChI is InChI=1S/C35H35N7O3S2/c1-5-16-40-31(39-19-17-38(18-20-39)25-12-8-6-9-13-25)27(23(2)28(22-36)32(40)43)21-29-33(44)41(35(46)47-29)30-24(3)37(4)42(34(30)45)26-14-10-7-11-15-26/h6-15,21H,5,16-20H2,1-4H3/b29-21-. The highest BCUT2D eigenvalue weighted by molar-refractivity contribution is 8.27. The first-order valence-electron chi connectivity index (χ1n) is 15.5. The maximum Gasteiger partial charge on any atom is 0.296 e. The van der Waals surface area contributed by atoms with Crippen molar-refractivity contribution in [2.75, 3.05) is 40.9 Å².